The lowest BCUT2D eigenvalue weighted by molar-refractivity contribution is -0.139. The Morgan fingerprint density at radius 3 is 2.68 bits per heavy atom. The summed E-state index contributed by atoms with van der Waals surface area (Å²) in [6, 6.07) is 0. The first kappa shape index (κ1) is 14.2. The minimum Gasteiger partial charge on any atom is -0.342 e. The molecule has 0 aromatic carbocycles. The molecule has 5 nitrogen and oxygen atoms in total. The van der Waals surface area contributed by atoms with Gasteiger partial charge in [0.15, 0.2) is 0 Å². The minimum atomic E-state index is 0.314. The van der Waals surface area contributed by atoms with Crippen LogP contribution in [0.2, 0.25) is 0 Å². The molecule has 3 aliphatic rings. The summed E-state index contributed by atoms with van der Waals surface area (Å²) in [4.78, 5) is 14.6. The number of rotatable bonds is 2. The molecule has 1 aromatic rings. The number of hydrogen-bond acceptors (Lipinski definition) is 3. The molecule has 1 atom stereocenters. The van der Waals surface area contributed by atoms with Crippen LogP contribution in [-0.4, -0.2) is 38.7 Å². The summed E-state index contributed by atoms with van der Waals surface area (Å²) >= 11 is 0. The van der Waals surface area contributed by atoms with Gasteiger partial charge in [0.05, 0.1) is 0 Å². The molecule has 4 rings (SSSR count). The third kappa shape index (κ3) is 2.55. The molecule has 22 heavy (non-hydrogen) atoms. The Morgan fingerprint density at radius 1 is 0.955 bits per heavy atom. The van der Waals surface area contributed by atoms with Crippen molar-refractivity contribution in [1.82, 2.24) is 19.7 Å². The molecule has 2 fully saturated rings. The zero-order valence-corrected chi connectivity index (χ0v) is 13.3. The number of hydrogen-bond donors (Lipinski definition) is 0. The van der Waals surface area contributed by atoms with Crippen molar-refractivity contribution in [3.63, 3.8) is 0 Å². The van der Waals surface area contributed by atoms with Gasteiger partial charge in [-0.05, 0) is 38.5 Å². The molecule has 0 spiro atoms. The number of aryl methyl sites for hydroxylation is 1. The van der Waals surface area contributed by atoms with Crippen molar-refractivity contribution in [3.05, 3.63) is 11.6 Å². The third-order valence-corrected chi connectivity index (χ3v) is 5.69. The van der Waals surface area contributed by atoms with Gasteiger partial charge in [-0.3, -0.25) is 4.79 Å². The monoisotopic (exact) mass is 302 g/mol. The van der Waals surface area contributed by atoms with E-state index in [1.165, 1.54) is 25.7 Å². The Bertz CT molecular complexity index is 549. The van der Waals surface area contributed by atoms with Crippen molar-refractivity contribution in [1.29, 1.82) is 0 Å². The highest BCUT2D eigenvalue weighted by Gasteiger charge is 2.34. The fraction of sp³-hybridized carbons (Fsp3) is 0.824. The maximum Gasteiger partial charge on any atom is 0.225 e. The van der Waals surface area contributed by atoms with Gasteiger partial charge in [0.25, 0.3) is 0 Å². The van der Waals surface area contributed by atoms with Crippen LogP contribution in [0.25, 0.3) is 0 Å². The van der Waals surface area contributed by atoms with Gasteiger partial charge in [0.1, 0.15) is 11.6 Å². The van der Waals surface area contributed by atoms with Gasteiger partial charge in [-0.15, -0.1) is 10.2 Å². The van der Waals surface area contributed by atoms with E-state index in [1.807, 2.05) is 0 Å². The van der Waals surface area contributed by atoms with E-state index in [2.05, 4.69) is 19.7 Å². The Kier molecular flexibility index (Phi) is 3.89. The highest BCUT2D eigenvalue weighted by atomic mass is 16.2. The van der Waals surface area contributed by atoms with Crippen LogP contribution in [0.5, 0.6) is 0 Å². The minimum absolute atomic E-state index is 0.314. The van der Waals surface area contributed by atoms with E-state index < -0.39 is 0 Å². The number of nitrogens with zero attached hydrogens (tertiary/aromatic N) is 4. The van der Waals surface area contributed by atoms with E-state index in [-0.39, 0.29) is 0 Å². The van der Waals surface area contributed by atoms with Crippen molar-refractivity contribution in [2.24, 2.45) is 5.92 Å². The number of carbonyl (C=O) groups excluding carboxylic acids is 1. The largest absolute Gasteiger partial charge is 0.342 e. The molecule has 1 aliphatic carbocycles. The molecule has 0 radical (unpaired) electrons. The van der Waals surface area contributed by atoms with Gasteiger partial charge in [-0.25, -0.2) is 0 Å². The second kappa shape index (κ2) is 6.01. The average Bonchev–Trinajstić information content (AvgIpc) is 2.74. The molecule has 1 saturated carbocycles. The van der Waals surface area contributed by atoms with Gasteiger partial charge in [0, 0.05) is 37.9 Å². The number of aromatic nitrogens is 3. The molecule has 1 aromatic heterocycles. The van der Waals surface area contributed by atoms with Crippen LogP contribution in [0, 0.1) is 5.92 Å². The Morgan fingerprint density at radius 2 is 1.86 bits per heavy atom. The van der Waals surface area contributed by atoms with Crippen molar-refractivity contribution in [2.75, 3.05) is 13.1 Å². The Labute approximate surface area is 132 Å². The number of amides is 1. The normalized spacial score (nSPS) is 26.2. The number of likely N-dealkylation sites (tertiary alicyclic amines) is 1. The van der Waals surface area contributed by atoms with Crippen LogP contribution in [0.1, 0.15) is 68.9 Å². The van der Waals surface area contributed by atoms with Crippen LogP contribution < -0.4 is 0 Å². The molecule has 1 amide bonds. The molecule has 120 valence electrons. The van der Waals surface area contributed by atoms with Crippen molar-refractivity contribution in [3.8, 4) is 0 Å². The average molecular weight is 302 g/mol. The highest BCUT2D eigenvalue weighted by molar-refractivity contribution is 5.79. The highest BCUT2D eigenvalue weighted by Crippen LogP contribution is 2.32. The summed E-state index contributed by atoms with van der Waals surface area (Å²) in [7, 11) is 0. The van der Waals surface area contributed by atoms with E-state index in [4.69, 9.17) is 0 Å². The lowest BCUT2D eigenvalue weighted by Crippen LogP contribution is -2.44. The maximum atomic E-state index is 12.5. The van der Waals surface area contributed by atoms with Crippen LogP contribution >= 0.6 is 0 Å². The lowest BCUT2D eigenvalue weighted by Gasteiger charge is -2.37. The summed E-state index contributed by atoms with van der Waals surface area (Å²) in [6.07, 6.45) is 10.5. The van der Waals surface area contributed by atoms with Gasteiger partial charge >= 0.3 is 0 Å². The van der Waals surface area contributed by atoms with Crippen molar-refractivity contribution in [2.45, 2.75) is 70.3 Å². The summed E-state index contributed by atoms with van der Waals surface area (Å²) in [6.45, 7) is 2.85. The lowest BCUT2D eigenvalue weighted by atomic mass is 9.83. The summed E-state index contributed by atoms with van der Waals surface area (Å²) in [5.41, 5.74) is 0. The van der Waals surface area contributed by atoms with Gasteiger partial charge < -0.3 is 9.47 Å². The molecular formula is C17H26N4O. The molecule has 5 heteroatoms. The summed E-state index contributed by atoms with van der Waals surface area (Å²) in [5, 5.41) is 8.94. The van der Waals surface area contributed by atoms with E-state index in [1.54, 1.807) is 0 Å². The molecule has 0 bridgehead atoms. The zero-order valence-electron chi connectivity index (χ0n) is 13.3. The predicted octanol–water partition coefficient (Wildman–Crippen LogP) is 2.51. The van der Waals surface area contributed by atoms with Crippen LogP contribution in [-0.2, 0) is 17.8 Å². The Hall–Kier alpha value is -1.39. The van der Waals surface area contributed by atoms with E-state index in [0.29, 0.717) is 17.7 Å². The number of fused-ring (bicyclic) bond motifs is 1. The first-order chi connectivity index (χ1) is 10.8. The van der Waals surface area contributed by atoms with Crippen molar-refractivity contribution >= 4 is 5.91 Å². The SMILES string of the molecule is O=C(C1CCC1)N1CCCC(c2nnc3n2CCCCC3)C1. The molecule has 1 unspecified atom stereocenters. The second-order valence-electron chi connectivity index (χ2n) is 7.19. The van der Waals surface area contributed by atoms with E-state index >= 15 is 0 Å². The van der Waals surface area contributed by atoms with Gasteiger partial charge in [-0.1, -0.05) is 12.8 Å². The smallest absolute Gasteiger partial charge is 0.225 e. The topological polar surface area (TPSA) is 51.0 Å². The fourth-order valence-corrected chi connectivity index (χ4v) is 4.11. The van der Waals surface area contributed by atoms with Crippen LogP contribution in [0.3, 0.4) is 0 Å². The Balaban J connectivity index is 1.50. The van der Waals surface area contributed by atoms with Gasteiger partial charge in [0.2, 0.25) is 5.91 Å². The van der Waals surface area contributed by atoms with Crippen LogP contribution in [0.4, 0.5) is 0 Å². The molecule has 0 N–H and O–H groups in total. The quantitative estimate of drug-likeness (QED) is 0.843. The first-order valence-corrected chi connectivity index (χ1v) is 9.03. The van der Waals surface area contributed by atoms with Crippen molar-refractivity contribution < 1.29 is 4.79 Å². The molecule has 2 aliphatic heterocycles. The number of carbonyl (C=O) groups is 1. The van der Waals surface area contributed by atoms with Gasteiger partial charge in [-0.2, -0.15) is 0 Å². The standard InChI is InChI=1S/C17H26N4O/c22-17(13-6-4-7-13)20-10-5-8-14(12-20)16-19-18-15-9-2-1-3-11-21(15)16/h13-14H,1-12H2. The molecular weight excluding hydrogens is 276 g/mol. The maximum absolute atomic E-state index is 12.5. The molecule has 3 heterocycles. The predicted molar refractivity (Wildman–Crippen MR) is 83.5 cm³/mol. The van der Waals surface area contributed by atoms with Crippen LogP contribution in [0.15, 0.2) is 0 Å². The number of piperidine rings is 1. The van der Waals surface area contributed by atoms with E-state index in [0.717, 1.165) is 63.4 Å². The summed E-state index contributed by atoms with van der Waals surface area (Å²) < 4.78 is 2.36. The molecule has 1 saturated heterocycles. The third-order valence-electron chi connectivity index (χ3n) is 5.69. The first-order valence-electron chi connectivity index (χ1n) is 9.03. The van der Waals surface area contributed by atoms with E-state index in [9.17, 15) is 4.79 Å². The summed E-state index contributed by atoms with van der Waals surface area (Å²) in [5.74, 6) is 3.40. The second-order valence-corrected chi connectivity index (χ2v) is 7.19. The zero-order chi connectivity index (χ0) is 14.9. The fourth-order valence-electron chi connectivity index (χ4n) is 4.11.